The van der Waals surface area contributed by atoms with Crippen LogP contribution in [-0.2, 0) is 16.1 Å². The van der Waals surface area contributed by atoms with Gasteiger partial charge in [-0.25, -0.2) is 9.59 Å². The third-order valence-electron chi connectivity index (χ3n) is 5.33. The fourth-order valence-electron chi connectivity index (χ4n) is 3.74. The van der Waals surface area contributed by atoms with Crippen LogP contribution < -0.4 is 5.32 Å². The van der Waals surface area contributed by atoms with Crippen molar-refractivity contribution in [2.24, 2.45) is 5.92 Å². The molecule has 1 aromatic carbocycles. The number of rotatable bonds is 7. The van der Waals surface area contributed by atoms with Crippen molar-refractivity contribution in [2.45, 2.75) is 52.2 Å². The van der Waals surface area contributed by atoms with Gasteiger partial charge < -0.3 is 24.8 Å². The average molecular weight is 447 g/mol. The summed E-state index contributed by atoms with van der Waals surface area (Å²) in [5.41, 5.74) is 0.524. The van der Waals surface area contributed by atoms with Crippen LogP contribution in [0.4, 0.5) is 9.59 Å². The van der Waals surface area contributed by atoms with Gasteiger partial charge in [0, 0.05) is 53.2 Å². The zero-order valence-corrected chi connectivity index (χ0v) is 20.1. The Morgan fingerprint density at radius 2 is 1.81 bits per heavy atom. The fourth-order valence-corrected chi connectivity index (χ4v) is 3.74. The second-order valence-corrected chi connectivity index (χ2v) is 9.53. The van der Waals surface area contributed by atoms with Crippen LogP contribution in [0, 0.1) is 5.92 Å². The highest BCUT2D eigenvalue weighted by Gasteiger charge is 2.27. The first-order chi connectivity index (χ1) is 15.0. The fraction of sp³-hybridized carbons (Fsp3) is 0.625. The molecule has 1 atom stereocenters. The molecule has 1 aliphatic rings. The van der Waals surface area contributed by atoms with E-state index in [1.54, 1.807) is 23.9 Å². The molecule has 32 heavy (non-hydrogen) atoms. The predicted molar refractivity (Wildman–Crippen MR) is 124 cm³/mol. The Labute approximate surface area is 191 Å². The summed E-state index contributed by atoms with van der Waals surface area (Å²) >= 11 is 0. The second-order valence-electron chi connectivity index (χ2n) is 9.53. The lowest BCUT2D eigenvalue weighted by Gasteiger charge is -2.35. The predicted octanol–water partition coefficient (Wildman–Crippen LogP) is 3.32. The van der Waals surface area contributed by atoms with E-state index >= 15 is 0 Å². The van der Waals surface area contributed by atoms with Crippen molar-refractivity contribution >= 4 is 18.0 Å². The van der Waals surface area contributed by atoms with Gasteiger partial charge in [-0.05, 0) is 45.1 Å². The quantitative estimate of drug-likeness (QED) is 0.697. The van der Waals surface area contributed by atoms with Gasteiger partial charge in [-0.3, -0.25) is 4.79 Å². The summed E-state index contributed by atoms with van der Waals surface area (Å²) in [6.45, 7) is 8.24. The van der Waals surface area contributed by atoms with E-state index in [1.165, 1.54) is 0 Å². The number of carbonyl (C=O) groups excluding carboxylic acids is 3. The number of benzene rings is 1. The minimum atomic E-state index is -0.528. The topological polar surface area (TPSA) is 82.2 Å². The molecule has 178 valence electrons. The maximum absolute atomic E-state index is 12.6. The molecule has 1 heterocycles. The summed E-state index contributed by atoms with van der Waals surface area (Å²) in [6.07, 6.45) is 1.80. The maximum Gasteiger partial charge on any atom is 0.410 e. The third-order valence-corrected chi connectivity index (χ3v) is 5.33. The van der Waals surface area contributed by atoms with Gasteiger partial charge in [0.15, 0.2) is 0 Å². The molecule has 8 heteroatoms. The number of hydrogen-bond acceptors (Lipinski definition) is 4. The Bertz CT molecular complexity index is 763. The standard InChI is InChI=1S/C24H38N4O4/c1-24(2,3)32-23(31)27(5)17-20-12-9-15-28(18-20)21(29)13-14-25-22(30)26(4)16-19-10-7-6-8-11-19/h6-8,10-11,20H,9,12-18H2,1-5H3,(H,25,30). The maximum atomic E-state index is 12.6. The number of urea groups is 1. The first-order valence-electron chi connectivity index (χ1n) is 11.3. The summed E-state index contributed by atoms with van der Waals surface area (Å²) in [5.74, 6) is 0.248. The van der Waals surface area contributed by atoms with Crippen molar-refractivity contribution in [3.8, 4) is 0 Å². The molecule has 0 saturated carbocycles. The molecule has 0 aromatic heterocycles. The van der Waals surface area contributed by atoms with Gasteiger partial charge in [0.05, 0.1) is 0 Å². The zero-order chi connectivity index (χ0) is 23.7. The zero-order valence-electron chi connectivity index (χ0n) is 20.1. The summed E-state index contributed by atoms with van der Waals surface area (Å²) in [5, 5.41) is 2.82. The van der Waals surface area contributed by atoms with E-state index in [4.69, 9.17) is 4.74 Å². The Balaban J connectivity index is 1.72. The molecule has 8 nitrogen and oxygen atoms in total. The minimum Gasteiger partial charge on any atom is -0.444 e. The highest BCUT2D eigenvalue weighted by Crippen LogP contribution is 2.19. The third kappa shape index (κ3) is 8.77. The lowest BCUT2D eigenvalue weighted by molar-refractivity contribution is -0.132. The van der Waals surface area contributed by atoms with Crippen LogP contribution >= 0.6 is 0 Å². The van der Waals surface area contributed by atoms with Crippen LogP contribution in [0.3, 0.4) is 0 Å². The Morgan fingerprint density at radius 1 is 1.12 bits per heavy atom. The van der Waals surface area contributed by atoms with Crippen LogP contribution in [0.25, 0.3) is 0 Å². The molecule has 0 spiro atoms. The van der Waals surface area contributed by atoms with Crippen LogP contribution in [0.15, 0.2) is 30.3 Å². The van der Waals surface area contributed by atoms with E-state index in [0.717, 1.165) is 18.4 Å². The number of likely N-dealkylation sites (tertiary alicyclic amines) is 1. The summed E-state index contributed by atoms with van der Waals surface area (Å²) in [4.78, 5) is 42.2. The van der Waals surface area contributed by atoms with Crippen LogP contribution in [0.2, 0.25) is 0 Å². The molecule has 1 fully saturated rings. The summed E-state index contributed by atoms with van der Waals surface area (Å²) in [6, 6.07) is 9.57. The van der Waals surface area contributed by atoms with Crippen LogP contribution in [-0.4, -0.2) is 78.6 Å². The first-order valence-corrected chi connectivity index (χ1v) is 11.3. The van der Waals surface area contributed by atoms with E-state index < -0.39 is 5.60 Å². The van der Waals surface area contributed by atoms with Gasteiger partial charge in [0.1, 0.15) is 5.60 Å². The molecule has 0 bridgehead atoms. The molecule has 0 radical (unpaired) electrons. The molecule has 2 rings (SSSR count). The van der Waals surface area contributed by atoms with E-state index in [0.29, 0.717) is 32.7 Å². The smallest absolute Gasteiger partial charge is 0.410 e. The van der Waals surface area contributed by atoms with E-state index in [2.05, 4.69) is 5.32 Å². The SMILES string of the molecule is CN(Cc1ccccc1)C(=O)NCCC(=O)N1CCCC(CN(C)C(=O)OC(C)(C)C)C1. The number of carbonyl (C=O) groups is 3. The molecule has 0 aliphatic carbocycles. The summed E-state index contributed by atoms with van der Waals surface area (Å²) < 4.78 is 5.41. The number of amides is 4. The molecule has 1 saturated heterocycles. The van der Waals surface area contributed by atoms with E-state index in [1.807, 2.05) is 56.0 Å². The van der Waals surface area contributed by atoms with Gasteiger partial charge >= 0.3 is 12.1 Å². The number of piperidine rings is 1. The van der Waals surface area contributed by atoms with Gasteiger partial charge in [-0.1, -0.05) is 30.3 Å². The van der Waals surface area contributed by atoms with Gasteiger partial charge in [0.2, 0.25) is 5.91 Å². The van der Waals surface area contributed by atoms with Crippen molar-refractivity contribution in [1.29, 1.82) is 0 Å². The van der Waals surface area contributed by atoms with E-state index in [9.17, 15) is 14.4 Å². The Hall–Kier alpha value is -2.77. The van der Waals surface area contributed by atoms with E-state index in [-0.39, 0.29) is 30.4 Å². The number of ether oxygens (including phenoxy) is 1. The van der Waals surface area contributed by atoms with Crippen molar-refractivity contribution in [3.63, 3.8) is 0 Å². The molecular weight excluding hydrogens is 408 g/mol. The molecule has 1 N–H and O–H groups in total. The minimum absolute atomic E-state index is 0.0284. The number of nitrogens with zero attached hydrogens (tertiary/aromatic N) is 3. The van der Waals surface area contributed by atoms with Crippen LogP contribution in [0.1, 0.15) is 45.6 Å². The van der Waals surface area contributed by atoms with Crippen molar-refractivity contribution in [1.82, 2.24) is 20.0 Å². The van der Waals surface area contributed by atoms with Gasteiger partial charge in [-0.15, -0.1) is 0 Å². The first kappa shape index (κ1) is 25.5. The van der Waals surface area contributed by atoms with Crippen molar-refractivity contribution < 1.29 is 19.1 Å². The Kier molecular flexibility index (Phi) is 9.35. The number of nitrogens with one attached hydrogen (secondary N) is 1. The van der Waals surface area contributed by atoms with Gasteiger partial charge in [0.25, 0.3) is 0 Å². The normalized spacial score (nSPS) is 16.3. The van der Waals surface area contributed by atoms with Gasteiger partial charge in [-0.2, -0.15) is 0 Å². The molecule has 4 amide bonds. The number of hydrogen-bond donors (Lipinski definition) is 1. The monoisotopic (exact) mass is 446 g/mol. The Morgan fingerprint density at radius 3 is 2.47 bits per heavy atom. The average Bonchev–Trinajstić information content (AvgIpc) is 2.73. The second kappa shape index (κ2) is 11.7. The summed E-state index contributed by atoms with van der Waals surface area (Å²) in [7, 11) is 3.47. The molecule has 1 aliphatic heterocycles. The lowest BCUT2D eigenvalue weighted by Crippen LogP contribution is -2.46. The molecular formula is C24H38N4O4. The highest BCUT2D eigenvalue weighted by molar-refractivity contribution is 5.78. The largest absolute Gasteiger partial charge is 0.444 e. The van der Waals surface area contributed by atoms with Crippen molar-refractivity contribution in [3.05, 3.63) is 35.9 Å². The van der Waals surface area contributed by atoms with Crippen molar-refractivity contribution in [2.75, 3.05) is 40.3 Å². The molecule has 1 unspecified atom stereocenters. The van der Waals surface area contributed by atoms with Crippen LogP contribution in [0.5, 0.6) is 0 Å². The lowest BCUT2D eigenvalue weighted by atomic mass is 9.97. The molecule has 1 aromatic rings. The highest BCUT2D eigenvalue weighted by atomic mass is 16.6.